The van der Waals surface area contributed by atoms with Gasteiger partial charge >= 0.3 is 0 Å². The molecule has 2 aromatic rings. The van der Waals surface area contributed by atoms with Crippen LogP contribution in [0.3, 0.4) is 0 Å². The molecule has 0 fully saturated rings. The van der Waals surface area contributed by atoms with E-state index in [2.05, 4.69) is 21.2 Å². The number of aromatic nitrogens is 1. The van der Waals surface area contributed by atoms with Gasteiger partial charge in [-0.05, 0) is 48.0 Å². The van der Waals surface area contributed by atoms with Crippen LogP contribution in [-0.4, -0.2) is 15.6 Å². The summed E-state index contributed by atoms with van der Waals surface area (Å²) in [4.78, 5) is 12.2. The summed E-state index contributed by atoms with van der Waals surface area (Å²) in [6.07, 6.45) is 1.82. The third-order valence-corrected chi connectivity index (χ3v) is 3.24. The molecule has 0 atom stereocenters. The van der Waals surface area contributed by atoms with Crippen LogP contribution < -0.4 is 5.32 Å². The number of nitrogens with one attached hydrogen (secondary N) is 1. The number of benzene rings is 1. The van der Waals surface area contributed by atoms with Crippen molar-refractivity contribution in [3.63, 3.8) is 0 Å². The molecule has 1 aromatic heterocycles. The van der Waals surface area contributed by atoms with Crippen LogP contribution in [0.5, 0.6) is 5.75 Å². The Labute approximate surface area is 124 Å². The molecule has 2 N–H and O–H groups in total. The van der Waals surface area contributed by atoms with Crippen LogP contribution in [0.15, 0.2) is 34.9 Å². The number of phenolic OH excluding ortho intramolecular Hbond substituents is 1. The van der Waals surface area contributed by atoms with Crippen molar-refractivity contribution in [3.05, 3.63) is 46.4 Å². The summed E-state index contributed by atoms with van der Waals surface area (Å²) < 4.78 is 15.8. The molecule has 0 unspecified atom stereocenters. The molecule has 1 aromatic carbocycles. The van der Waals surface area contributed by atoms with E-state index in [1.165, 1.54) is 12.1 Å². The number of anilines is 1. The maximum absolute atomic E-state index is 13.2. The Hall–Kier alpha value is -1.82. The lowest BCUT2D eigenvalue weighted by atomic mass is 10.2. The SMILES string of the molecule is CC(C)n1cc(Br)cc1C(=O)Nc1ccc(O)c(F)c1. The fourth-order valence-electron chi connectivity index (χ4n) is 1.83. The molecule has 106 valence electrons. The summed E-state index contributed by atoms with van der Waals surface area (Å²) in [5.74, 6) is -1.56. The van der Waals surface area contributed by atoms with Gasteiger partial charge in [-0.3, -0.25) is 4.79 Å². The normalized spacial score (nSPS) is 10.8. The van der Waals surface area contributed by atoms with E-state index in [1.807, 2.05) is 24.6 Å². The van der Waals surface area contributed by atoms with Crippen molar-refractivity contribution in [2.45, 2.75) is 19.9 Å². The number of carbonyl (C=O) groups excluding carboxylic acids is 1. The number of hydrogen-bond donors (Lipinski definition) is 2. The van der Waals surface area contributed by atoms with Gasteiger partial charge in [0, 0.05) is 28.5 Å². The van der Waals surface area contributed by atoms with Crippen LogP contribution >= 0.6 is 15.9 Å². The molecular formula is C14H14BrFN2O2. The summed E-state index contributed by atoms with van der Waals surface area (Å²) >= 11 is 3.33. The number of halogens is 2. The molecule has 1 amide bonds. The molecule has 2 rings (SSSR count). The van der Waals surface area contributed by atoms with Crippen LogP contribution in [0.4, 0.5) is 10.1 Å². The Morgan fingerprint density at radius 1 is 1.40 bits per heavy atom. The van der Waals surface area contributed by atoms with Gasteiger partial charge in [-0.2, -0.15) is 0 Å². The molecule has 0 radical (unpaired) electrons. The summed E-state index contributed by atoms with van der Waals surface area (Å²) in [5.41, 5.74) is 0.762. The minimum absolute atomic E-state index is 0.124. The molecule has 0 aliphatic rings. The van der Waals surface area contributed by atoms with E-state index >= 15 is 0 Å². The first-order valence-electron chi connectivity index (χ1n) is 6.05. The maximum atomic E-state index is 13.2. The van der Waals surface area contributed by atoms with E-state index in [9.17, 15) is 9.18 Å². The minimum Gasteiger partial charge on any atom is -0.505 e. The number of phenols is 1. The third kappa shape index (κ3) is 3.01. The third-order valence-electron chi connectivity index (χ3n) is 2.81. The average Bonchev–Trinajstić information content (AvgIpc) is 2.76. The quantitative estimate of drug-likeness (QED) is 0.831. The van der Waals surface area contributed by atoms with Crippen LogP contribution in [0, 0.1) is 5.82 Å². The molecule has 0 bridgehead atoms. The molecule has 0 aliphatic carbocycles. The topological polar surface area (TPSA) is 54.3 Å². The predicted octanol–water partition coefficient (Wildman–Crippen LogP) is 3.93. The molecule has 0 spiro atoms. The summed E-state index contributed by atoms with van der Waals surface area (Å²) in [7, 11) is 0. The van der Waals surface area contributed by atoms with Crippen LogP contribution in [-0.2, 0) is 0 Å². The standard InChI is InChI=1S/C14H14BrFN2O2/c1-8(2)18-7-9(15)5-12(18)14(20)17-10-3-4-13(19)11(16)6-10/h3-8,19H,1-2H3,(H,17,20). The highest BCUT2D eigenvalue weighted by molar-refractivity contribution is 9.10. The number of carbonyl (C=O) groups is 1. The highest BCUT2D eigenvalue weighted by Gasteiger charge is 2.15. The van der Waals surface area contributed by atoms with Gasteiger partial charge in [0.1, 0.15) is 5.69 Å². The van der Waals surface area contributed by atoms with Crippen LogP contribution in [0.25, 0.3) is 0 Å². The molecular weight excluding hydrogens is 327 g/mol. The first-order chi connectivity index (χ1) is 9.38. The van der Waals surface area contributed by atoms with Gasteiger partial charge in [0.15, 0.2) is 11.6 Å². The second kappa shape index (κ2) is 5.66. The Balaban J connectivity index is 2.26. The average molecular weight is 341 g/mol. The number of nitrogens with zero attached hydrogens (tertiary/aromatic N) is 1. The zero-order valence-corrected chi connectivity index (χ0v) is 12.6. The highest BCUT2D eigenvalue weighted by Crippen LogP contribution is 2.22. The van der Waals surface area contributed by atoms with Crippen molar-refractivity contribution < 1.29 is 14.3 Å². The lowest BCUT2D eigenvalue weighted by molar-refractivity contribution is 0.101. The molecule has 6 heteroatoms. The number of hydrogen-bond acceptors (Lipinski definition) is 2. The van der Waals surface area contributed by atoms with Gasteiger partial charge in [0.05, 0.1) is 0 Å². The Bertz CT molecular complexity index is 653. The number of aromatic hydroxyl groups is 1. The minimum atomic E-state index is -0.775. The zero-order valence-electron chi connectivity index (χ0n) is 11.0. The first-order valence-corrected chi connectivity index (χ1v) is 6.85. The second-order valence-corrected chi connectivity index (χ2v) is 5.58. The van der Waals surface area contributed by atoms with Gasteiger partial charge in [0.2, 0.25) is 0 Å². The number of rotatable bonds is 3. The second-order valence-electron chi connectivity index (χ2n) is 4.66. The molecule has 0 aliphatic heterocycles. The lowest BCUT2D eigenvalue weighted by Crippen LogP contribution is -2.17. The van der Waals surface area contributed by atoms with Gasteiger partial charge in [-0.15, -0.1) is 0 Å². The summed E-state index contributed by atoms with van der Waals surface area (Å²) in [5, 5.41) is 11.7. The van der Waals surface area contributed by atoms with Gasteiger partial charge in [-0.1, -0.05) is 0 Å². The molecule has 4 nitrogen and oxygen atoms in total. The van der Waals surface area contributed by atoms with E-state index in [0.717, 1.165) is 10.5 Å². The lowest BCUT2D eigenvalue weighted by Gasteiger charge is -2.12. The van der Waals surface area contributed by atoms with Crippen molar-refractivity contribution in [2.75, 3.05) is 5.32 Å². The van der Waals surface area contributed by atoms with Crippen molar-refractivity contribution in [2.24, 2.45) is 0 Å². The smallest absolute Gasteiger partial charge is 0.272 e. The largest absolute Gasteiger partial charge is 0.505 e. The molecule has 1 heterocycles. The number of amides is 1. The molecule has 0 saturated heterocycles. The Morgan fingerprint density at radius 2 is 2.10 bits per heavy atom. The zero-order chi connectivity index (χ0) is 14.9. The van der Waals surface area contributed by atoms with Gasteiger partial charge < -0.3 is 15.0 Å². The summed E-state index contributed by atoms with van der Waals surface area (Å²) in [6, 6.07) is 5.53. The van der Waals surface area contributed by atoms with Crippen LogP contribution in [0.2, 0.25) is 0 Å². The monoisotopic (exact) mass is 340 g/mol. The molecule has 20 heavy (non-hydrogen) atoms. The van der Waals surface area contributed by atoms with Gasteiger partial charge in [0.25, 0.3) is 5.91 Å². The fourth-order valence-corrected chi connectivity index (χ4v) is 2.27. The van der Waals surface area contributed by atoms with Crippen molar-refractivity contribution in [1.82, 2.24) is 4.57 Å². The van der Waals surface area contributed by atoms with E-state index < -0.39 is 11.6 Å². The Kier molecular flexibility index (Phi) is 4.13. The van der Waals surface area contributed by atoms with Crippen molar-refractivity contribution in [1.29, 1.82) is 0 Å². The predicted molar refractivity (Wildman–Crippen MR) is 78.5 cm³/mol. The summed E-state index contributed by atoms with van der Waals surface area (Å²) in [6.45, 7) is 3.92. The van der Waals surface area contributed by atoms with Crippen molar-refractivity contribution in [3.8, 4) is 5.75 Å². The highest BCUT2D eigenvalue weighted by atomic mass is 79.9. The van der Waals surface area contributed by atoms with Crippen molar-refractivity contribution >= 4 is 27.5 Å². The van der Waals surface area contributed by atoms with E-state index in [-0.39, 0.29) is 17.6 Å². The van der Waals surface area contributed by atoms with Crippen LogP contribution in [0.1, 0.15) is 30.4 Å². The van der Waals surface area contributed by atoms with E-state index in [0.29, 0.717) is 5.69 Å². The Morgan fingerprint density at radius 3 is 2.70 bits per heavy atom. The first kappa shape index (κ1) is 14.6. The van der Waals surface area contributed by atoms with Gasteiger partial charge in [-0.25, -0.2) is 4.39 Å². The molecule has 0 saturated carbocycles. The maximum Gasteiger partial charge on any atom is 0.272 e. The van der Waals surface area contributed by atoms with E-state index in [1.54, 1.807) is 6.07 Å². The van der Waals surface area contributed by atoms with E-state index in [4.69, 9.17) is 5.11 Å². The fraction of sp³-hybridized carbons (Fsp3) is 0.214.